The highest BCUT2D eigenvalue weighted by Gasteiger charge is 2.28. The number of fused-ring (bicyclic) bond motifs is 1. The predicted molar refractivity (Wildman–Crippen MR) is 141 cm³/mol. The minimum atomic E-state index is -0.605. The largest absolute Gasteiger partial charge is 0.463 e. The Morgan fingerprint density at radius 3 is 2.43 bits per heavy atom. The third kappa shape index (κ3) is 8.31. The van der Waals surface area contributed by atoms with Gasteiger partial charge in [-0.05, 0) is 80.7 Å². The lowest BCUT2D eigenvalue weighted by molar-refractivity contribution is -0.137. The van der Waals surface area contributed by atoms with Crippen LogP contribution in [0.15, 0.2) is 54.6 Å². The van der Waals surface area contributed by atoms with E-state index >= 15 is 0 Å². The van der Waals surface area contributed by atoms with Crippen molar-refractivity contribution in [3.63, 3.8) is 0 Å². The molecule has 2 atom stereocenters. The predicted octanol–water partition coefficient (Wildman–Crippen LogP) is 5.26. The molecule has 0 bridgehead atoms. The summed E-state index contributed by atoms with van der Waals surface area (Å²) in [5.41, 5.74) is 4.80. The Labute approximate surface area is 210 Å². The average Bonchev–Trinajstić information content (AvgIpc) is 3.24. The fourth-order valence-electron chi connectivity index (χ4n) is 5.00. The van der Waals surface area contributed by atoms with Gasteiger partial charge >= 0.3 is 5.97 Å². The van der Waals surface area contributed by atoms with Gasteiger partial charge in [0.15, 0.2) is 0 Å². The standard InChI is InChI=1S/C30H41NO4/c1-5-28(27-14-10-9-11-23(27)15-16-29(33)34-6-2)35-21-26(32)20-31-30(3,4)19-22-17-24-12-7-8-13-25(24)18-22/h7-16,22,26,28,31-32H,5-6,17-21H2,1-4H3/t26-,28-/m1/s1. The summed E-state index contributed by atoms with van der Waals surface area (Å²) in [6.07, 6.45) is 6.53. The van der Waals surface area contributed by atoms with Crippen LogP contribution in [0.3, 0.4) is 0 Å². The Morgan fingerprint density at radius 2 is 1.77 bits per heavy atom. The molecule has 0 radical (unpaired) electrons. The minimum absolute atomic E-state index is 0.0671. The van der Waals surface area contributed by atoms with Crippen LogP contribution in [0.1, 0.15) is 68.9 Å². The molecule has 0 spiro atoms. The summed E-state index contributed by atoms with van der Waals surface area (Å²) in [6, 6.07) is 16.6. The van der Waals surface area contributed by atoms with Crippen molar-refractivity contribution >= 4 is 12.0 Å². The molecular formula is C30H41NO4. The summed E-state index contributed by atoms with van der Waals surface area (Å²) in [5, 5.41) is 14.2. The normalized spacial score (nSPS) is 15.8. The molecule has 0 aromatic heterocycles. The van der Waals surface area contributed by atoms with Crippen LogP contribution in [0.4, 0.5) is 0 Å². The zero-order valence-corrected chi connectivity index (χ0v) is 21.6. The molecule has 35 heavy (non-hydrogen) atoms. The molecule has 3 rings (SSSR count). The summed E-state index contributed by atoms with van der Waals surface area (Å²) in [7, 11) is 0. The molecule has 0 amide bonds. The van der Waals surface area contributed by atoms with Gasteiger partial charge in [-0.1, -0.05) is 55.5 Å². The second-order valence-electron chi connectivity index (χ2n) is 10.1. The lowest BCUT2D eigenvalue weighted by Gasteiger charge is -2.31. The molecule has 0 fully saturated rings. The first-order valence-electron chi connectivity index (χ1n) is 12.9. The van der Waals surface area contributed by atoms with E-state index in [2.05, 4.69) is 50.4 Å². The van der Waals surface area contributed by atoms with Gasteiger partial charge in [-0.25, -0.2) is 4.79 Å². The van der Waals surface area contributed by atoms with Crippen molar-refractivity contribution < 1.29 is 19.4 Å². The SMILES string of the molecule is CCOC(=O)C=Cc1ccccc1[C@@H](CC)OC[C@H](O)CNC(C)(C)CC1Cc2ccccc2C1. The number of hydrogen-bond acceptors (Lipinski definition) is 5. The maximum atomic E-state index is 11.7. The van der Waals surface area contributed by atoms with E-state index in [-0.39, 0.29) is 24.2 Å². The highest BCUT2D eigenvalue weighted by molar-refractivity contribution is 5.87. The van der Waals surface area contributed by atoms with Gasteiger partial charge in [0.05, 0.1) is 25.4 Å². The van der Waals surface area contributed by atoms with Crippen LogP contribution in [0.5, 0.6) is 0 Å². The molecule has 0 unspecified atom stereocenters. The highest BCUT2D eigenvalue weighted by Crippen LogP contribution is 2.32. The van der Waals surface area contributed by atoms with Crippen molar-refractivity contribution in [3.8, 4) is 0 Å². The Hall–Kier alpha value is -2.47. The van der Waals surface area contributed by atoms with E-state index in [1.807, 2.05) is 24.3 Å². The second-order valence-corrected chi connectivity index (χ2v) is 10.1. The molecule has 2 aromatic rings. The van der Waals surface area contributed by atoms with Crippen LogP contribution in [0.25, 0.3) is 6.08 Å². The number of β-amino-alcohol motifs (C(OH)–C–C–N with tert-alkyl or cyclic N) is 1. The molecule has 1 aliphatic carbocycles. The number of carbonyl (C=O) groups is 1. The molecule has 5 heteroatoms. The maximum Gasteiger partial charge on any atom is 0.330 e. The number of aliphatic hydroxyl groups is 1. The molecular weight excluding hydrogens is 438 g/mol. The van der Waals surface area contributed by atoms with E-state index in [4.69, 9.17) is 9.47 Å². The maximum absolute atomic E-state index is 11.7. The summed E-state index contributed by atoms with van der Waals surface area (Å²) in [6.45, 7) is 9.34. The van der Waals surface area contributed by atoms with E-state index in [0.717, 1.165) is 36.8 Å². The number of aliphatic hydroxyl groups excluding tert-OH is 1. The quantitative estimate of drug-likeness (QED) is 0.303. The zero-order valence-electron chi connectivity index (χ0n) is 21.6. The van der Waals surface area contributed by atoms with Crippen molar-refractivity contribution in [1.29, 1.82) is 0 Å². The Morgan fingerprint density at radius 1 is 1.11 bits per heavy atom. The average molecular weight is 480 g/mol. The van der Waals surface area contributed by atoms with Gasteiger partial charge in [0.1, 0.15) is 0 Å². The summed E-state index contributed by atoms with van der Waals surface area (Å²) in [4.78, 5) is 11.7. The number of rotatable bonds is 13. The molecule has 0 saturated heterocycles. The van der Waals surface area contributed by atoms with E-state index in [0.29, 0.717) is 19.1 Å². The van der Waals surface area contributed by atoms with Crippen LogP contribution < -0.4 is 5.32 Å². The number of nitrogens with one attached hydrogen (secondary N) is 1. The number of esters is 1. The highest BCUT2D eigenvalue weighted by atomic mass is 16.5. The summed E-state index contributed by atoms with van der Waals surface area (Å²) in [5.74, 6) is 0.272. The van der Waals surface area contributed by atoms with Gasteiger partial charge < -0.3 is 19.9 Å². The van der Waals surface area contributed by atoms with Gasteiger partial charge in [0.2, 0.25) is 0 Å². The molecule has 0 aliphatic heterocycles. The first-order chi connectivity index (χ1) is 16.8. The summed E-state index contributed by atoms with van der Waals surface area (Å²) < 4.78 is 11.1. The number of carbonyl (C=O) groups excluding carboxylic acids is 1. The van der Waals surface area contributed by atoms with Crippen molar-refractivity contribution in [2.24, 2.45) is 5.92 Å². The summed E-state index contributed by atoms with van der Waals surface area (Å²) >= 11 is 0. The number of hydrogen-bond donors (Lipinski definition) is 2. The molecule has 5 nitrogen and oxygen atoms in total. The Balaban J connectivity index is 1.49. The van der Waals surface area contributed by atoms with Crippen LogP contribution >= 0.6 is 0 Å². The topological polar surface area (TPSA) is 67.8 Å². The molecule has 1 aliphatic rings. The minimum Gasteiger partial charge on any atom is -0.463 e. The lowest BCUT2D eigenvalue weighted by Crippen LogP contribution is -2.45. The molecule has 2 N–H and O–H groups in total. The molecule has 190 valence electrons. The molecule has 2 aromatic carbocycles. The smallest absolute Gasteiger partial charge is 0.330 e. The monoisotopic (exact) mass is 479 g/mol. The van der Waals surface area contributed by atoms with Gasteiger partial charge in [-0.2, -0.15) is 0 Å². The van der Waals surface area contributed by atoms with E-state index in [1.165, 1.54) is 17.2 Å². The van der Waals surface area contributed by atoms with Crippen molar-refractivity contribution in [3.05, 3.63) is 76.9 Å². The van der Waals surface area contributed by atoms with Gasteiger partial charge in [-0.15, -0.1) is 0 Å². The van der Waals surface area contributed by atoms with Crippen LogP contribution in [-0.4, -0.2) is 42.5 Å². The number of benzene rings is 2. The van der Waals surface area contributed by atoms with E-state index in [9.17, 15) is 9.90 Å². The third-order valence-electron chi connectivity index (χ3n) is 6.64. The molecule has 0 saturated carbocycles. The first kappa shape index (κ1) is 27.1. The second kappa shape index (κ2) is 13.0. The Bertz CT molecular complexity index is 959. The lowest BCUT2D eigenvalue weighted by atomic mass is 9.88. The van der Waals surface area contributed by atoms with Crippen LogP contribution in [-0.2, 0) is 27.1 Å². The van der Waals surface area contributed by atoms with Crippen LogP contribution in [0.2, 0.25) is 0 Å². The fraction of sp³-hybridized carbons (Fsp3) is 0.500. The first-order valence-corrected chi connectivity index (χ1v) is 12.9. The van der Waals surface area contributed by atoms with Crippen molar-refractivity contribution in [2.75, 3.05) is 19.8 Å². The van der Waals surface area contributed by atoms with Crippen molar-refractivity contribution in [1.82, 2.24) is 5.32 Å². The van der Waals surface area contributed by atoms with Gasteiger partial charge in [-0.3, -0.25) is 0 Å². The van der Waals surface area contributed by atoms with Crippen LogP contribution in [0, 0.1) is 5.92 Å². The third-order valence-corrected chi connectivity index (χ3v) is 6.64. The van der Waals surface area contributed by atoms with Gasteiger partial charge in [0, 0.05) is 18.2 Å². The zero-order chi connectivity index (χ0) is 25.3. The Kier molecular flexibility index (Phi) is 10.1. The number of ether oxygens (including phenoxy) is 2. The van der Waals surface area contributed by atoms with E-state index in [1.54, 1.807) is 13.0 Å². The fourth-order valence-corrected chi connectivity index (χ4v) is 5.00. The van der Waals surface area contributed by atoms with Gasteiger partial charge in [0.25, 0.3) is 0 Å². The van der Waals surface area contributed by atoms with E-state index < -0.39 is 6.10 Å². The molecule has 0 heterocycles. The van der Waals surface area contributed by atoms with Crippen molar-refractivity contribution in [2.45, 2.75) is 71.1 Å².